The number of nitrogens with one attached hydrogen (secondary N) is 4. The fourth-order valence-corrected chi connectivity index (χ4v) is 6.17. The molecule has 1 aliphatic rings. The molecule has 0 saturated heterocycles. The number of aliphatic carboxylic acids is 1. The lowest BCUT2D eigenvalue weighted by molar-refractivity contribution is -0.137. The van der Waals surface area contributed by atoms with E-state index < -0.39 is 42.9 Å². The second kappa shape index (κ2) is 24.6. The Morgan fingerprint density at radius 1 is 0.869 bits per heavy atom. The molecule has 1 aliphatic heterocycles. The number of carboxylic acid groups (broad SMARTS) is 1. The third-order valence-electron chi connectivity index (χ3n) is 9.04. The topological polar surface area (TPSA) is 267 Å². The van der Waals surface area contributed by atoms with Gasteiger partial charge in [-0.15, -0.1) is 0 Å². The smallest absolute Gasteiger partial charge is 0.305 e. The van der Waals surface area contributed by atoms with Crippen LogP contribution in [-0.2, 0) is 28.5 Å². The number of aliphatic hydroxyl groups is 1. The van der Waals surface area contributed by atoms with E-state index in [2.05, 4.69) is 36.3 Å². The molecule has 19 heteroatoms. The third-order valence-corrected chi connectivity index (χ3v) is 9.04. The van der Waals surface area contributed by atoms with Crippen molar-refractivity contribution in [3.63, 3.8) is 0 Å². The van der Waals surface area contributed by atoms with E-state index in [4.69, 9.17) is 29.2 Å². The average molecular weight is 843 g/mol. The number of carbonyl (C=O) groups is 3. The van der Waals surface area contributed by atoms with Crippen LogP contribution in [0.15, 0.2) is 89.0 Å². The first-order valence-electron chi connectivity index (χ1n) is 19.6. The van der Waals surface area contributed by atoms with Crippen LogP contribution >= 0.6 is 0 Å². The number of carboxylic acids is 1. The van der Waals surface area contributed by atoms with Gasteiger partial charge in [0.15, 0.2) is 5.96 Å². The number of aliphatic imine (C=N–C) groups is 1. The molecule has 4 aromatic rings. The maximum atomic E-state index is 13.0. The van der Waals surface area contributed by atoms with Crippen LogP contribution in [0.4, 0.5) is 5.69 Å². The number of rotatable bonds is 25. The fraction of sp³-hybridized carbons (Fsp3) is 0.381. The summed E-state index contributed by atoms with van der Waals surface area (Å²) in [6.07, 6.45) is -1.00. The number of β-amino-alcohol motifs (C(OH)–C–C–N with tert-alkyl or cyclic N) is 1. The first-order valence-corrected chi connectivity index (χ1v) is 19.6. The number of hydrogen-bond donors (Lipinski definition) is 7. The molecule has 5 rings (SSSR count). The number of aromatic hydroxyl groups is 1. The summed E-state index contributed by atoms with van der Waals surface area (Å²) in [6.45, 7) is 3.89. The lowest BCUT2D eigenvalue weighted by Gasteiger charge is -2.20. The molecular formula is C42H50N8O11. The SMILES string of the molecule is [N-]=[N+]=NCCOCCOCCOCCOCCOc1ccc(-c2ccc(C(CC(=O)O)NC(=O)CNC(=O)c3cc(O)cc(NC4=NCC(O)CN4)c3)cc2)c2ccccc12. The monoisotopic (exact) mass is 842 g/mol. The van der Waals surface area contributed by atoms with Gasteiger partial charge in [0.05, 0.1) is 84.5 Å². The Morgan fingerprint density at radius 2 is 1.54 bits per heavy atom. The lowest BCUT2D eigenvalue weighted by Crippen LogP contribution is -2.42. The number of phenols is 1. The van der Waals surface area contributed by atoms with Crippen LogP contribution in [0.2, 0.25) is 0 Å². The molecule has 4 aromatic carbocycles. The molecule has 0 bridgehead atoms. The summed E-state index contributed by atoms with van der Waals surface area (Å²) in [4.78, 5) is 44.6. The van der Waals surface area contributed by atoms with Crippen molar-refractivity contribution in [3.05, 3.63) is 100 Å². The molecule has 2 unspecified atom stereocenters. The van der Waals surface area contributed by atoms with Gasteiger partial charge in [0.1, 0.15) is 18.1 Å². The Labute approximate surface area is 351 Å². The van der Waals surface area contributed by atoms with E-state index in [0.717, 1.165) is 21.9 Å². The first kappa shape index (κ1) is 45.6. The zero-order valence-electron chi connectivity index (χ0n) is 33.5. The largest absolute Gasteiger partial charge is 0.508 e. The number of hydrogen-bond acceptors (Lipinski definition) is 14. The normalized spacial score (nSPS) is 13.9. The van der Waals surface area contributed by atoms with Gasteiger partial charge in [-0.05, 0) is 45.8 Å². The highest BCUT2D eigenvalue weighted by atomic mass is 16.6. The molecular weight excluding hydrogens is 793 g/mol. The maximum absolute atomic E-state index is 13.0. The summed E-state index contributed by atoms with van der Waals surface area (Å²) in [7, 11) is 0. The lowest BCUT2D eigenvalue weighted by atomic mass is 9.95. The zero-order valence-corrected chi connectivity index (χ0v) is 33.5. The van der Waals surface area contributed by atoms with E-state index in [-0.39, 0.29) is 17.9 Å². The Bertz CT molecular complexity index is 2150. The molecule has 0 aromatic heterocycles. The molecule has 0 spiro atoms. The van der Waals surface area contributed by atoms with Crippen molar-refractivity contribution >= 4 is 40.2 Å². The van der Waals surface area contributed by atoms with Gasteiger partial charge in [-0.25, -0.2) is 0 Å². The highest BCUT2D eigenvalue weighted by Gasteiger charge is 2.20. The van der Waals surface area contributed by atoms with Gasteiger partial charge in [0, 0.05) is 40.7 Å². The number of ether oxygens (including phenoxy) is 5. The van der Waals surface area contributed by atoms with Crippen LogP contribution in [0.5, 0.6) is 11.5 Å². The van der Waals surface area contributed by atoms with Crippen molar-refractivity contribution in [2.45, 2.75) is 18.6 Å². The summed E-state index contributed by atoms with van der Waals surface area (Å²) in [5.41, 5.74) is 11.0. The number of nitrogens with zero attached hydrogens (tertiary/aromatic N) is 4. The van der Waals surface area contributed by atoms with Gasteiger partial charge < -0.3 is 60.3 Å². The summed E-state index contributed by atoms with van der Waals surface area (Å²) in [6, 6.07) is 22.1. The van der Waals surface area contributed by atoms with Gasteiger partial charge in [0.25, 0.3) is 5.91 Å². The molecule has 61 heavy (non-hydrogen) atoms. The number of guanidine groups is 1. The number of anilines is 1. The Kier molecular flexibility index (Phi) is 18.4. The van der Waals surface area contributed by atoms with Crippen molar-refractivity contribution in [2.75, 3.05) is 91.0 Å². The number of carbonyl (C=O) groups excluding carboxylic acids is 2. The standard InChI is InChI=1S/C42H50N8O11/c43-50-47-11-12-57-13-14-58-15-16-59-17-18-60-19-20-61-38-10-9-34(35-3-1-2-4-36(35)38)28-5-7-29(8-6-28)37(24-40(54)55)49-39(53)27-44-41(56)30-21-31(23-32(51)22-30)48-42-45-25-33(52)26-46-42/h1-10,21-23,33,37,51-52H,11-20,24-27H2,(H,44,56)(H,49,53)(H,54,55)(H2,45,46,48). The predicted octanol–water partition coefficient (Wildman–Crippen LogP) is 3.76. The van der Waals surface area contributed by atoms with Crippen LogP contribution < -0.4 is 26.0 Å². The second-order valence-corrected chi connectivity index (χ2v) is 13.5. The molecule has 0 saturated carbocycles. The number of phenolic OH excluding ortho intramolecular Hbond substituents is 1. The summed E-state index contributed by atoms with van der Waals surface area (Å²) < 4.78 is 27.9. The third kappa shape index (κ3) is 15.3. The van der Waals surface area contributed by atoms with Crippen LogP contribution in [0.3, 0.4) is 0 Å². The van der Waals surface area contributed by atoms with Gasteiger partial charge >= 0.3 is 5.97 Å². The number of fused-ring (bicyclic) bond motifs is 1. The maximum Gasteiger partial charge on any atom is 0.305 e. The molecule has 1 heterocycles. The van der Waals surface area contributed by atoms with E-state index >= 15 is 0 Å². The summed E-state index contributed by atoms with van der Waals surface area (Å²) in [5, 5.41) is 45.8. The minimum Gasteiger partial charge on any atom is -0.508 e. The van der Waals surface area contributed by atoms with E-state index in [1.54, 1.807) is 12.1 Å². The predicted molar refractivity (Wildman–Crippen MR) is 226 cm³/mol. The van der Waals surface area contributed by atoms with Gasteiger partial charge in [-0.2, -0.15) is 0 Å². The van der Waals surface area contributed by atoms with E-state index in [1.807, 2.05) is 48.5 Å². The molecule has 7 N–H and O–H groups in total. The molecule has 2 amide bonds. The fourth-order valence-electron chi connectivity index (χ4n) is 6.17. The quantitative estimate of drug-likeness (QED) is 0.0217. The average Bonchev–Trinajstić information content (AvgIpc) is 3.25. The van der Waals surface area contributed by atoms with Gasteiger partial charge in [-0.3, -0.25) is 19.4 Å². The number of azide groups is 1. The number of benzene rings is 4. The molecule has 2 atom stereocenters. The minimum absolute atomic E-state index is 0.0721. The molecule has 0 radical (unpaired) electrons. The van der Waals surface area contributed by atoms with Crippen molar-refractivity contribution in [1.82, 2.24) is 16.0 Å². The van der Waals surface area contributed by atoms with Crippen LogP contribution in [0, 0.1) is 0 Å². The van der Waals surface area contributed by atoms with Gasteiger partial charge in [-0.1, -0.05) is 59.7 Å². The van der Waals surface area contributed by atoms with Crippen molar-refractivity contribution in [2.24, 2.45) is 10.1 Å². The highest BCUT2D eigenvalue weighted by molar-refractivity contribution is 6.01. The molecule has 324 valence electrons. The first-order chi connectivity index (χ1) is 29.7. The van der Waals surface area contributed by atoms with Crippen molar-refractivity contribution in [1.29, 1.82) is 0 Å². The van der Waals surface area contributed by atoms with Crippen molar-refractivity contribution in [3.8, 4) is 22.6 Å². The van der Waals surface area contributed by atoms with Gasteiger partial charge in [0.2, 0.25) is 5.91 Å². The van der Waals surface area contributed by atoms with Crippen LogP contribution in [-0.4, -0.2) is 131 Å². The molecule has 19 nitrogen and oxygen atoms in total. The van der Waals surface area contributed by atoms with E-state index in [9.17, 15) is 29.7 Å². The Morgan fingerprint density at radius 3 is 2.20 bits per heavy atom. The van der Waals surface area contributed by atoms with E-state index in [1.165, 1.54) is 18.2 Å². The zero-order chi connectivity index (χ0) is 43.2. The van der Waals surface area contributed by atoms with Crippen molar-refractivity contribution < 1.29 is 53.4 Å². The van der Waals surface area contributed by atoms with Crippen LogP contribution in [0.25, 0.3) is 32.3 Å². The van der Waals surface area contributed by atoms with E-state index in [0.29, 0.717) is 95.5 Å². The number of aliphatic hydroxyl groups excluding tert-OH is 1. The summed E-state index contributed by atoms with van der Waals surface area (Å²) >= 11 is 0. The minimum atomic E-state index is -1.12. The number of amides is 2. The molecule has 0 fully saturated rings. The Balaban J connectivity index is 1.08. The Hall–Kier alpha value is -6.47. The summed E-state index contributed by atoms with van der Waals surface area (Å²) in [5.74, 6) is -1.50. The highest BCUT2D eigenvalue weighted by Crippen LogP contribution is 2.35. The molecule has 0 aliphatic carbocycles. The van der Waals surface area contributed by atoms with Crippen LogP contribution in [0.1, 0.15) is 28.4 Å². The second-order valence-electron chi connectivity index (χ2n) is 13.5.